The van der Waals surface area contributed by atoms with Crippen molar-refractivity contribution < 1.29 is 4.74 Å². The number of fused-ring (bicyclic) bond motifs is 1. The molecule has 22 heavy (non-hydrogen) atoms. The fourth-order valence-electron chi connectivity index (χ4n) is 2.21. The summed E-state index contributed by atoms with van der Waals surface area (Å²) in [6, 6.07) is 7.96. The lowest BCUT2D eigenvalue weighted by molar-refractivity contribution is 0.411. The van der Waals surface area contributed by atoms with Crippen LogP contribution in [0.5, 0.6) is 5.75 Å². The van der Waals surface area contributed by atoms with Crippen LogP contribution in [0.3, 0.4) is 0 Å². The summed E-state index contributed by atoms with van der Waals surface area (Å²) < 4.78 is 8.19. The first-order valence-corrected chi connectivity index (χ1v) is 8.51. The van der Waals surface area contributed by atoms with Crippen LogP contribution in [0.15, 0.2) is 33.9 Å². The highest BCUT2D eigenvalue weighted by molar-refractivity contribution is 9.10. The van der Waals surface area contributed by atoms with Gasteiger partial charge in [-0.05, 0) is 38.1 Å². The van der Waals surface area contributed by atoms with E-state index in [4.69, 9.17) is 4.74 Å². The van der Waals surface area contributed by atoms with Crippen LogP contribution in [0, 0.1) is 13.8 Å². The molecule has 3 rings (SSSR count). The zero-order chi connectivity index (χ0) is 15.7. The predicted molar refractivity (Wildman–Crippen MR) is 90.5 cm³/mol. The lowest BCUT2D eigenvalue weighted by atomic mass is 10.2. The SMILES string of the molecule is COc1ccc(Br)cc1CSc1nc2nc(C)cc(C)n2n1. The number of nitrogens with zero attached hydrogens (tertiary/aromatic N) is 4. The molecule has 0 saturated heterocycles. The van der Waals surface area contributed by atoms with Gasteiger partial charge in [0.15, 0.2) is 0 Å². The van der Waals surface area contributed by atoms with Crippen molar-refractivity contribution in [2.75, 3.05) is 7.11 Å². The summed E-state index contributed by atoms with van der Waals surface area (Å²) in [6.45, 7) is 3.96. The Balaban J connectivity index is 1.85. The largest absolute Gasteiger partial charge is 0.496 e. The van der Waals surface area contributed by atoms with Crippen molar-refractivity contribution in [3.8, 4) is 5.75 Å². The average Bonchev–Trinajstić information content (AvgIpc) is 2.88. The molecule has 0 radical (unpaired) electrons. The Morgan fingerprint density at radius 3 is 2.82 bits per heavy atom. The third kappa shape index (κ3) is 3.10. The maximum Gasteiger partial charge on any atom is 0.253 e. The molecule has 114 valence electrons. The summed E-state index contributed by atoms with van der Waals surface area (Å²) in [5.41, 5.74) is 3.08. The van der Waals surface area contributed by atoms with E-state index in [2.05, 4.69) is 37.1 Å². The van der Waals surface area contributed by atoms with E-state index < -0.39 is 0 Å². The fourth-order valence-corrected chi connectivity index (χ4v) is 3.42. The van der Waals surface area contributed by atoms with Crippen LogP contribution in [-0.4, -0.2) is 26.7 Å². The molecule has 7 heteroatoms. The molecule has 3 aromatic rings. The van der Waals surface area contributed by atoms with Gasteiger partial charge in [-0.3, -0.25) is 0 Å². The monoisotopic (exact) mass is 378 g/mol. The van der Waals surface area contributed by atoms with E-state index in [0.717, 1.165) is 32.9 Å². The molecule has 2 heterocycles. The van der Waals surface area contributed by atoms with E-state index in [1.165, 1.54) is 0 Å². The van der Waals surface area contributed by atoms with Crippen molar-refractivity contribution in [3.63, 3.8) is 0 Å². The van der Waals surface area contributed by atoms with Crippen LogP contribution in [0.25, 0.3) is 5.78 Å². The van der Waals surface area contributed by atoms with E-state index in [1.54, 1.807) is 23.4 Å². The highest BCUT2D eigenvalue weighted by Crippen LogP contribution is 2.29. The minimum atomic E-state index is 0.640. The van der Waals surface area contributed by atoms with Crippen LogP contribution in [0.2, 0.25) is 0 Å². The number of aromatic nitrogens is 4. The van der Waals surface area contributed by atoms with Crippen molar-refractivity contribution in [3.05, 3.63) is 45.7 Å². The molecular weight excluding hydrogens is 364 g/mol. The molecule has 0 fully saturated rings. The van der Waals surface area contributed by atoms with Crippen LogP contribution in [-0.2, 0) is 5.75 Å². The van der Waals surface area contributed by atoms with Crippen LogP contribution < -0.4 is 4.74 Å². The molecule has 0 aliphatic heterocycles. The smallest absolute Gasteiger partial charge is 0.253 e. The van der Waals surface area contributed by atoms with E-state index in [-0.39, 0.29) is 0 Å². The Kier molecular flexibility index (Phi) is 4.35. The van der Waals surface area contributed by atoms with Crippen LogP contribution in [0.4, 0.5) is 0 Å². The molecule has 0 bridgehead atoms. The molecule has 0 aliphatic rings. The Morgan fingerprint density at radius 1 is 1.23 bits per heavy atom. The second-order valence-corrected chi connectivity index (χ2v) is 6.75. The molecule has 0 saturated carbocycles. The summed E-state index contributed by atoms with van der Waals surface area (Å²) >= 11 is 5.06. The van der Waals surface area contributed by atoms with Crippen molar-refractivity contribution in [2.24, 2.45) is 0 Å². The number of methoxy groups -OCH3 is 1. The third-order valence-electron chi connectivity index (χ3n) is 3.20. The minimum Gasteiger partial charge on any atom is -0.496 e. The predicted octanol–water partition coefficient (Wildman–Crippen LogP) is 3.80. The number of ether oxygens (including phenoxy) is 1. The van der Waals surface area contributed by atoms with Crippen LogP contribution >= 0.6 is 27.7 Å². The number of aryl methyl sites for hydroxylation is 2. The first-order valence-electron chi connectivity index (χ1n) is 6.73. The van der Waals surface area contributed by atoms with Gasteiger partial charge in [-0.15, -0.1) is 5.10 Å². The first-order chi connectivity index (χ1) is 10.6. The van der Waals surface area contributed by atoms with Crippen molar-refractivity contribution in [1.29, 1.82) is 0 Å². The van der Waals surface area contributed by atoms with Crippen molar-refractivity contribution in [2.45, 2.75) is 24.8 Å². The molecule has 0 spiro atoms. The lowest BCUT2D eigenvalue weighted by Gasteiger charge is -2.07. The Morgan fingerprint density at radius 2 is 2.05 bits per heavy atom. The molecule has 2 aromatic heterocycles. The summed E-state index contributed by atoms with van der Waals surface area (Å²) in [6.07, 6.45) is 0. The number of thioether (sulfide) groups is 1. The molecule has 0 atom stereocenters. The van der Waals surface area contributed by atoms with Gasteiger partial charge in [-0.25, -0.2) is 9.50 Å². The standard InChI is InChI=1S/C15H15BrN4OS/c1-9-6-10(2)20-14(17-9)18-15(19-20)22-8-11-7-12(16)4-5-13(11)21-3/h4-7H,8H2,1-3H3. The van der Waals surface area contributed by atoms with E-state index >= 15 is 0 Å². The topological polar surface area (TPSA) is 52.3 Å². The second kappa shape index (κ2) is 6.26. The van der Waals surface area contributed by atoms with E-state index in [9.17, 15) is 0 Å². The summed E-state index contributed by atoms with van der Waals surface area (Å²) in [4.78, 5) is 8.88. The van der Waals surface area contributed by atoms with E-state index in [1.807, 2.05) is 32.0 Å². The maximum absolute atomic E-state index is 5.39. The zero-order valence-electron chi connectivity index (χ0n) is 12.5. The quantitative estimate of drug-likeness (QED) is 0.646. The second-order valence-electron chi connectivity index (χ2n) is 4.89. The molecule has 0 aliphatic carbocycles. The van der Waals surface area contributed by atoms with Gasteiger partial charge in [0.05, 0.1) is 7.11 Å². The summed E-state index contributed by atoms with van der Waals surface area (Å²) in [5.74, 6) is 2.24. The van der Waals surface area contributed by atoms with Crippen LogP contribution in [0.1, 0.15) is 17.0 Å². The lowest BCUT2D eigenvalue weighted by Crippen LogP contribution is -1.97. The summed E-state index contributed by atoms with van der Waals surface area (Å²) in [5, 5.41) is 5.21. The first kappa shape index (κ1) is 15.3. The normalized spacial score (nSPS) is 11.1. The Labute approximate surface area is 141 Å². The van der Waals surface area contributed by atoms with Gasteiger partial charge < -0.3 is 4.74 Å². The van der Waals surface area contributed by atoms with Crippen molar-refractivity contribution >= 4 is 33.5 Å². The number of rotatable bonds is 4. The number of hydrogen-bond donors (Lipinski definition) is 0. The van der Waals surface area contributed by atoms with Crippen molar-refractivity contribution in [1.82, 2.24) is 19.6 Å². The third-order valence-corrected chi connectivity index (χ3v) is 4.58. The summed E-state index contributed by atoms with van der Waals surface area (Å²) in [7, 11) is 1.68. The van der Waals surface area contributed by atoms with Gasteiger partial charge in [-0.1, -0.05) is 27.7 Å². The molecule has 0 N–H and O–H groups in total. The maximum atomic E-state index is 5.39. The van der Waals surface area contributed by atoms with Gasteiger partial charge in [-0.2, -0.15) is 4.98 Å². The molecule has 5 nitrogen and oxygen atoms in total. The average molecular weight is 379 g/mol. The number of benzene rings is 1. The zero-order valence-corrected chi connectivity index (χ0v) is 14.9. The van der Waals surface area contributed by atoms with Gasteiger partial charge >= 0.3 is 0 Å². The molecule has 0 unspecified atom stereocenters. The number of hydrogen-bond acceptors (Lipinski definition) is 5. The number of halogens is 1. The highest BCUT2D eigenvalue weighted by Gasteiger charge is 2.10. The van der Waals surface area contributed by atoms with Gasteiger partial charge in [0.2, 0.25) is 5.16 Å². The fraction of sp³-hybridized carbons (Fsp3) is 0.267. The Hall–Kier alpha value is -1.60. The highest BCUT2D eigenvalue weighted by atomic mass is 79.9. The van der Waals surface area contributed by atoms with Gasteiger partial charge in [0, 0.05) is 27.2 Å². The van der Waals surface area contributed by atoms with E-state index in [0.29, 0.717) is 10.9 Å². The minimum absolute atomic E-state index is 0.640. The Bertz CT molecular complexity index is 834. The molecular formula is C15H15BrN4OS. The van der Waals surface area contributed by atoms with Gasteiger partial charge in [0.1, 0.15) is 5.75 Å². The molecule has 1 aromatic carbocycles. The van der Waals surface area contributed by atoms with Gasteiger partial charge in [0.25, 0.3) is 5.78 Å². The molecule has 0 amide bonds.